The van der Waals surface area contributed by atoms with Gasteiger partial charge in [-0.2, -0.15) is 4.31 Å². The summed E-state index contributed by atoms with van der Waals surface area (Å²) in [5, 5.41) is 13.8. The topological polar surface area (TPSA) is 99.6 Å². The van der Waals surface area contributed by atoms with Gasteiger partial charge < -0.3 is 10.4 Å². The number of nitrogens with zero attached hydrogens (tertiary/aromatic N) is 2. The van der Waals surface area contributed by atoms with Crippen LogP contribution >= 0.6 is 11.3 Å². The summed E-state index contributed by atoms with van der Waals surface area (Å²) < 4.78 is 29.1. The van der Waals surface area contributed by atoms with Gasteiger partial charge in [-0.15, -0.1) is 11.3 Å². The molecular formula is C23H29N3O4S2. The highest BCUT2D eigenvalue weighted by molar-refractivity contribution is 7.89. The number of aliphatic hydroxyl groups is 1. The first-order valence-electron chi connectivity index (χ1n) is 10.5. The number of aromatic nitrogens is 1. The largest absolute Gasteiger partial charge is 0.390 e. The van der Waals surface area contributed by atoms with E-state index in [0.29, 0.717) is 6.42 Å². The molecule has 32 heavy (non-hydrogen) atoms. The van der Waals surface area contributed by atoms with Crippen molar-refractivity contribution < 1.29 is 18.3 Å². The zero-order valence-corrected chi connectivity index (χ0v) is 20.1. The van der Waals surface area contributed by atoms with Crippen molar-refractivity contribution in [3.63, 3.8) is 0 Å². The summed E-state index contributed by atoms with van der Waals surface area (Å²) in [6.45, 7) is 5.36. The minimum absolute atomic E-state index is 0.0532. The van der Waals surface area contributed by atoms with Crippen molar-refractivity contribution in [2.45, 2.75) is 44.2 Å². The predicted molar refractivity (Wildman–Crippen MR) is 127 cm³/mol. The fraction of sp³-hybridized carbons (Fsp3) is 0.391. The molecule has 0 saturated carbocycles. The third-order valence-electron chi connectivity index (χ3n) is 5.05. The van der Waals surface area contributed by atoms with E-state index in [1.54, 1.807) is 23.7 Å². The van der Waals surface area contributed by atoms with Gasteiger partial charge >= 0.3 is 0 Å². The van der Waals surface area contributed by atoms with Crippen LogP contribution in [0.1, 0.15) is 26.3 Å². The van der Waals surface area contributed by atoms with E-state index in [9.17, 15) is 18.3 Å². The quantitative estimate of drug-likeness (QED) is 0.470. The van der Waals surface area contributed by atoms with Gasteiger partial charge in [-0.25, -0.2) is 13.4 Å². The molecule has 7 nitrogen and oxygen atoms in total. The highest BCUT2D eigenvalue weighted by Gasteiger charge is 2.31. The Kier molecular flexibility index (Phi) is 8.00. The molecule has 2 atom stereocenters. The molecule has 3 aromatic rings. The Hall–Kier alpha value is -2.33. The van der Waals surface area contributed by atoms with Crippen LogP contribution in [0.15, 0.2) is 58.9 Å². The number of rotatable bonds is 10. The molecule has 0 spiro atoms. The van der Waals surface area contributed by atoms with Gasteiger partial charge in [0.15, 0.2) is 0 Å². The van der Waals surface area contributed by atoms with Crippen molar-refractivity contribution in [2.75, 3.05) is 13.1 Å². The van der Waals surface area contributed by atoms with Crippen LogP contribution in [0.4, 0.5) is 0 Å². The third-order valence-corrected chi connectivity index (χ3v) is 7.67. The Morgan fingerprint density at radius 1 is 1.16 bits per heavy atom. The van der Waals surface area contributed by atoms with Gasteiger partial charge in [0.2, 0.25) is 15.9 Å². The summed E-state index contributed by atoms with van der Waals surface area (Å²) in [5.74, 6) is -0.226. The maximum absolute atomic E-state index is 13.5. The first kappa shape index (κ1) is 24.3. The van der Waals surface area contributed by atoms with E-state index in [1.165, 1.54) is 22.6 Å². The Bertz CT molecular complexity index is 1150. The lowest BCUT2D eigenvalue weighted by molar-refractivity contribution is -0.120. The van der Waals surface area contributed by atoms with Crippen molar-refractivity contribution in [1.82, 2.24) is 14.6 Å². The molecule has 0 aliphatic heterocycles. The normalized spacial score (nSPS) is 14.1. The summed E-state index contributed by atoms with van der Waals surface area (Å²) in [6, 6.07) is 13.7. The molecule has 9 heteroatoms. The summed E-state index contributed by atoms with van der Waals surface area (Å²) >= 11 is 1.38. The number of sulfonamides is 1. The smallest absolute Gasteiger partial charge is 0.243 e. The van der Waals surface area contributed by atoms with E-state index in [1.807, 2.05) is 44.2 Å². The lowest BCUT2D eigenvalue weighted by Gasteiger charge is -2.30. The fourth-order valence-corrected chi connectivity index (χ4v) is 6.01. The maximum Gasteiger partial charge on any atom is 0.243 e. The zero-order chi connectivity index (χ0) is 23.3. The summed E-state index contributed by atoms with van der Waals surface area (Å²) in [6.07, 6.45) is -0.691. The van der Waals surface area contributed by atoms with Gasteiger partial charge in [0.25, 0.3) is 0 Å². The van der Waals surface area contributed by atoms with E-state index in [-0.39, 0.29) is 29.8 Å². The monoisotopic (exact) mass is 475 g/mol. The fourth-order valence-electron chi connectivity index (χ4n) is 3.57. The van der Waals surface area contributed by atoms with Gasteiger partial charge in [0.05, 0.1) is 32.8 Å². The van der Waals surface area contributed by atoms with Crippen LogP contribution in [0.2, 0.25) is 0 Å². The van der Waals surface area contributed by atoms with Crippen LogP contribution in [0.3, 0.4) is 0 Å². The predicted octanol–water partition coefficient (Wildman–Crippen LogP) is 3.05. The van der Waals surface area contributed by atoms with E-state index in [4.69, 9.17) is 0 Å². The number of aliphatic hydroxyl groups excluding tert-OH is 1. The molecule has 3 rings (SSSR count). The maximum atomic E-state index is 13.5. The van der Waals surface area contributed by atoms with Crippen LogP contribution in [0.5, 0.6) is 0 Å². The third kappa shape index (κ3) is 6.13. The van der Waals surface area contributed by atoms with Gasteiger partial charge in [-0.05, 0) is 36.1 Å². The Morgan fingerprint density at radius 3 is 2.53 bits per heavy atom. The highest BCUT2D eigenvalue weighted by atomic mass is 32.2. The second-order valence-corrected chi connectivity index (χ2v) is 11.1. The molecule has 1 heterocycles. The minimum Gasteiger partial charge on any atom is -0.390 e. The van der Waals surface area contributed by atoms with Gasteiger partial charge in [0, 0.05) is 20.0 Å². The Morgan fingerprint density at radius 2 is 1.88 bits per heavy atom. The van der Waals surface area contributed by atoms with E-state index in [2.05, 4.69) is 10.3 Å². The number of hydrogen-bond donors (Lipinski definition) is 2. The zero-order valence-electron chi connectivity index (χ0n) is 18.4. The molecule has 1 aromatic heterocycles. The standard InChI is InChI=1S/C23H29N3O4S2/c1-16(2)13-26(32(29,30)19-9-10-20-23(12-19)31-15-24-20)14-22(28)21(25-17(3)27)11-18-7-5-4-6-8-18/h4-10,12,15-16,21-22,28H,11,13-14H2,1-3H3,(H,25,27). The number of thiazole rings is 1. The highest BCUT2D eigenvalue weighted by Crippen LogP contribution is 2.25. The minimum atomic E-state index is -3.86. The Balaban J connectivity index is 1.87. The number of carbonyl (C=O) groups is 1. The summed E-state index contributed by atoms with van der Waals surface area (Å²) in [4.78, 5) is 16.1. The van der Waals surface area contributed by atoms with Crippen molar-refractivity contribution in [3.05, 3.63) is 59.6 Å². The molecule has 1 amide bonds. The van der Waals surface area contributed by atoms with E-state index in [0.717, 1.165) is 15.8 Å². The van der Waals surface area contributed by atoms with Gasteiger partial charge in [0.1, 0.15) is 0 Å². The number of fused-ring (bicyclic) bond motifs is 1. The van der Waals surface area contributed by atoms with Gasteiger partial charge in [-0.1, -0.05) is 44.2 Å². The lowest BCUT2D eigenvalue weighted by atomic mass is 10.0. The molecule has 172 valence electrons. The molecule has 0 bridgehead atoms. The number of hydrogen-bond acceptors (Lipinski definition) is 6. The van der Waals surface area contributed by atoms with Crippen LogP contribution in [0.25, 0.3) is 10.2 Å². The van der Waals surface area contributed by atoms with Crippen molar-refractivity contribution in [3.8, 4) is 0 Å². The molecule has 0 radical (unpaired) electrons. The summed E-state index contributed by atoms with van der Waals surface area (Å²) in [5.41, 5.74) is 3.37. The average molecular weight is 476 g/mol. The molecule has 0 aliphatic rings. The summed E-state index contributed by atoms with van der Waals surface area (Å²) in [7, 11) is -3.86. The number of benzene rings is 2. The molecule has 0 aliphatic carbocycles. The molecule has 2 unspecified atom stereocenters. The molecule has 0 fully saturated rings. The second-order valence-electron chi connectivity index (χ2n) is 8.26. The molecular weight excluding hydrogens is 446 g/mol. The van der Waals surface area contributed by atoms with E-state index < -0.39 is 22.2 Å². The second kappa shape index (κ2) is 10.5. The van der Waals surface area contributed by atoms with Crippen molar-refractivity contribution in [1.29, 1.82) is 0 Å². The van der Waals surface area contributed by atoms with Crippen LogP contribution < -0.4 is 5.32 Å². The van der Waals surface area contributed by atoms with E-state index >= 15 is 0 Å². The van der Waals surface area contributed by atoms with Crippen molar-refractivity contribution >= 4 is 37.5 Å². The SMILES string of the molecule is CC(=O)NC(Cc1ccccc1)C(O)CN(CC(C)C)S(=O)(=O)c1ccc2ncsc2c1. The van der Waals surface area contributed by atoms with Crippen LogP contribution in [-0.2, 0) is 21.2 Å². The molecule has 0 saturated heterocycles. The average Bonchev–Trinajstić information content (AvgIpc) is 3.21. The number of amides is 1. The lowest BCUT2D eigenvalue weighted by Crippen LogP contribution is -2.50. The first-order valence-corrected chi connectivity index (χ1v) is 12.8. The molecule has 2 N–H and O–H groups in total. The van der Waals surface area contributed by atoms with Crippen LogP contribution in [-0.4, -0.2) is 54.0 Å². The number of carbonyl (C=O) groups excluding carboxylic acids is 1. The van der Waals surface area contributed by atoms with Gasteiger partial charge in [-0.3, -0.25) is 4.79 Å². The molecule has 2 aromatic carbocycles. The Labute approximate surface area is 193 Å². The van der Waals surface area contributed by atoms with Crippen LogP contribution in [0, 0.1) is 5.92 Å². The number of nitrogens with one attached hydrogen (secondary N) is 1. The first-order chi connectivity index (χ1) is 15.2. The van der Waals surface area contributed by atoms with Crippen molar-refractivity contribution in [2.24, 2.45) is 5.92 Å².